The molecule has 0 radical (unpaired) electrons. The van der Waals surface area contributed by atoms with E-state index in [9.17, 15) is 14.4 Å². The number of piperidine rings is 1. The second-order valence-electron chi connectivity index (χ2n) is 9.70. The monoisotopic (exact) mass is 361 g/mol. The van der Waals surface area contributed by atoms with E-state index in [0.717, 1.165) is 44.9 Å². The molecule has 4 aliphatic rings. The number of rotatable bonds is 1. The summed E-state index contributed by atoms with van der Waals surface area (Å²) in [6.07, 6.45) is 7.74. The van der Waals surface area contributed by atoms with Crippen LogP contribution in [0.15, 0.2) is 0 Å². The summed E-state index contributed by atoms with van der Waals surface area (Å²) in [5, 5.41) is 2.58. The Morgan fingerprint density at radius 2 is 1.85 bits per heavy atom. The molecule has 2 amide bonds. The molecule has 5 heteroatoms. The van der Waals surface area contributed by atoms with Gasteiger partial charge in [-0.25, -0.2) is 0 Å². The summed E-state index contributed by atoms with van der Waals surface area (Å²) in [4.78, 5) is 36.0. The number of hydrogen-bond acceptors (Lipinski definition) is 4. The molecule has 1 heterocycles. The van der Waals surface area contributed by atoms with E-state index in [4.69, 9.17) is 4.74 Å². The van der Waals surface area contributed by atoms with Crippen LogP contribution < -0.4 is 5.32 Å². The van der Waals surface area contributed by atoms with Crippen LogP contribution in [0.5, 0.6) is 0 Å². The minimum absolute atomic E-state index is 0.0527. The molecule has 1 N–H and O–H groups in total. The lowest BCUT2D eigenvalue weighted by Gasteiger charge is -2.61. The Labute approximate surface area is 155 Å². The molecule has 0 aromatic heterocycles. The van der Waals surface area contributed by atoms with Gasteiger partial charge in [0, 0.05) is 13.3 Å². The van der Waals surface area contributed by atoms with Crippen molar-refractivity contribution >= 4 is 17.8 Å². The Morgan fingerprint density at radius 3 is 2.58 bits per heavy atom. The molecule has 4 rings (SSSR count). The Morgan fingerprint density at radius 1 is 1.08 bits per heavy atom. The van der Waals surface area contributed by atoms with Crippen molar-refractivity contribution in [1.29, 1.82) is 0 Å². The number of amides is 2. The Bertz CT molecular complexity index is 646. The Balaban J connectivity index is 1.57. The molecule has 1 saturated heterocycles. The molecule has 7 atom stereocenters. The summed E-state index contributed by atoms with van der Waals surface area (Å²) < 4.78 is 5.51. The van der Waals surface area contributed by atoms with E-state index in [1.165, 1.54) is 6.92 Å². The highest BCUT2D eigenvalue weighted by Gasteiger charge is 2.60. The first-order chi connectivity index (χ1) is 12.2. The fourth-order valence-corrected chi connectivity index (χ4v) is 7.06. The molecule has 3 aliphatic carbocycles. The van der Waals surface area contributed by atoms with Gasteiger partial charge in [0.1, 0.15) is 6.10 Å². The third-order valence-electron chi connectivity index (χ3n) is 8.52. The average molecular weight is 361 g/mol. The van der Waals surface area contributed by atoms with Crippen LogP contribution in [-0.4, -0.2) is 23.9 Å². The lowest BCUT2D eigenvalue weighted by molar-refractivity contribution is -0.170. The van der Waals surface area contributed by atoms with Crippen molar-refractivity contribution in [1.82, 2.24) is 5.32 Å². The van der Waals surface area contributed by atoms with Crippen LogP contribution in [0.25, 0.3) is 0 Å². The molecule has 0 bridgehead atoms. The number of ether oxygens (including phenoxy) is 1. The number of nitrogens with one attached hydrogen (secondary N) is 1. The van der Waals surface area contributed by atoms with E-state index in [1.807, 2.05) is 0 Å². The highest BCUT2D eigenvalue weighted by Crippen LogP contribution is 2.64. The molecule has 144 valence electrons. The number of hydrogen-bond donors (Lipinski definition) is 1. The topological polar surface area (TPSA) is 72.5 Å². The summed E-state index contributed by atoms with van der Waals surface area (Å²) >= 11 is 0. The molecular weight excluding hydrogens is 330 g/mol. The zero-order chi connectivity index (χ0) is 18.7. The maximum Gasteiger partial charge on any atom is 0.302 e. The maximum absolute atomic E-state index is 12.6. The number of fused-ring (bicyclic) bond motifs is 5. The van der Waals surface area contributed by atoms with Crippen molar-refractivity contribution in [3.05, 3.63) is 0 Å². The summed E-state index contributed by atoms with van der Waals surface area (Å²) in [6, 6.07) is 0. The zero-order valence-corrected chi connectivity index (χ0v) is 16.2. The Kier molecular flexibility index (Phi) is 4.20. The first kappa shape index (κ1) is 18.0. The van der Waals surface area contributed by atoms with E-state index in [-0.39, 0.29) is 40.6 Å². The van der Waals surface area contributed by atoms with Gasteiger partial charge < -0.3 is 4.74 Å². The van der Waals surface area contributed by atoms with E-state index < -0.39 is 0 Å². The number of imide groups is 1. The van der Waals surface area contributed by atoms with Crippen LogP contribution in [0.1, 0.15) is 72.1 Å². The number of esters is 1. The van der Waals surface area contributed by atoms with E-state index in [1.54, 1.807) is 0 Å². The molecule has 0 spiro atoms. The summed E-state index contributed by atoms with van der Waals surface area (Å²) in [5.74, 6) is 1.50. The van der Waals surface area contributed by atoms with Crippen molar-refractivity contribution < 1.29 is 19.1 Å². The van der Waals surface area contributed by atoms with Gasteiger partial charge in [-0.2, -0.15) is 0 Å². The van der Waals surface area contributed by atoms with Crippen molar-refractivity contribution in [2.24, 2.45) is 34.5 Å². The first-order valence-corrected chi connectivity index (χ1v) is 10.3. The molecule has 0 aromatic carbocycles. The number of carbonyl (C=O) groups excluding carboxylic acids is 3. The smallest absolute Gasteiger partial charge is 0.302 e. The molecule has 4 fully saturated rings. The minimum Gasteiger partial charge on any atom is -0.463 e. The van der Waals surface area contributed by atoms with E-state index in [0.29, 0.717) is 24.2 Å². The molecule has 0 unspecified atom stereocenters. The summed E-state index contributed by atoms with van der Waals surface area (Å²) in [6.45, 7) is 5.99. The fourth-order valence-electron chi connectivity index (χ4n) is 7.06. The summed E-state index contributed by atoms with van der Waals surface area (Å²) in [5.41, 5.74) is -0.134. The molecular formula is C21H31NO4. The second kappa shape index (κ2) is 6.07. The van der Waals surface area contributed by atoms with Gasteiger partial charge in [0.2, 0.25) is 11.8 Å². The van der Waals surface area contributed by atoms with Crippen molar-refractivity contribution in [3.63, 3.8) is 0 Å². The predicted molar refractivity (Wildman–Crippen MR) is 95.8 cm³/mol. The van der Waals surface area contributed by atoms with Gasteiger partial charge in [0.05, 0.1) is 5.41 Å². The molecule has 1 aliphatic heterocycles. The fraction of sp³-hybridized carbons (Fsp3) is 0.857. The molecule has 26 heavy (non-hydrogen) atoms. The van der Waals surface area contributed by atoms with E-state index >= 15 is 0 Å². The lowest BCUT2D eigenvalue weighted by Crippen LogP contribution is -2.61. The first-order valence-electron chi connectivity index (χ1n) is 10.3. The standard InChI is InChI=1S/C21H31NO4/c1-12(23)26-14-6-8-20(2)13(10-14)4-5-15-16(20)7-9-21(3)17(15)11-18(24)22-19(21)25/h13-17H,4-11H2,1-3H3,(H,22,24,25)/t13-,14-,15+,16-,17-,20-,21-/m0/s1. The quantitative estimate of drug-likeness (QED) is 0.575. The van der Waals surface area contributed by atoms with E-state index in [2.05, 4.69) is 19.2 Å². The highest BCUT2D eigenvalue weighted by molar-refractivity contribution is 6.01. The van der Waals surface area contributed by atoms with Gasteiger partial charge in [-0.3, -0.25) is 19.7 Å². The van der Waals surface area contributed by atoms with Gasteiger partial charge in [-0.1, -0.05) is 13.8 Å². The minimum atomic E-state index is -0.382. The third kappa shape index (κ3) is 2.61. The zero-order valence-electron chi connectivity index (χ0n) is 16.2. The van der Waals surface area contributed by atoms with Crippen molar-refractivity contribution in [3.8, 4) is 0 Å². The largest absolute Gasteiger partial charge is 0.463 e. The normalized spacial score (nSPS) is 47.9. The van der Waals surface area contributed by atoms with Crippen molar-refractivity contribution in [2.75, 3.05) is 0 Å². The van der Waals surface area contributed by atoms with Gasteiger partial charge in [-0.15, -0.1) is 0 Å². The number of carbonyl (C=O) groups is 3. The lowest BCUT2D eigenvalue weighted by atomic mass is 9.44. The van der Waals surface area contributed by atoms with Gasteiger partial charge in [-0.05, 0) is 74.0 Å². The van der Waals surface area contributed by atoms with Crippen LogP contribution in [0.3, 0.4) is 0 Å². The van der Waals surface area contributed by atoms with Gasteiger partial charge in [0.15, 0.2) is 0 Å². The third-order valence-corrected chi connectivity index (χ3v) is 8.52. The molecule has 5 nitrogen and oxygen atoms in total. The summed E-state index contributed by atoms with van der Waals surface area (Å²) in [7, 11) is 0. The SMILES string of the molecule is CC(=O)O[C@H]1CC[C@@]2(C)[C@@H](CC[C@@H]3[C@@H]2CC[C@]2(C)C(=O)NC(=O)C[C@@H]32)C1. The maximum atomic E-state index is 12.6. The van der Waals surface area contributed by atoms with Crippen LogP contribution in [0, 0.1) is 34.5 Å². The van der Waals surface area contributed by atoms with Crippen LogP contribution in [0.4, 0.5) is 0 Å². The van der Waals surface area contributed by atoms with Gasteiger partial charge >= 0.3 is 5.97 Å². The van der Waals surface area contributed by atoms with Crippen LogP contribution >= 0.6 is 0 Å². The van der Waals surface area contributed by atoms with Crippen molar-refractivity contribution in [2.45, 2.75) is 78.2 Å². The second-order valence-corrected chi connectivity index (χ2v) is 9.70. The Hall–Kier alpha value is -1.39. The highest BCUT2D eigenvalue weighted by atomic mass is 16.5. The van der Waals surface area contributed by atoms with Gasteiger partial charge in [0.25, 0.3) is 0 Å². The average Bonchev–Trinajstić information content (AvgIpc) is 2.56. The van der Waals surface area contributed by atoms with Crippen LogP contribution in [-0.2, 0) is 19.1 Å². The van der Waals surface area contributed by atoms with Crippen LogP contribution in [0.2, 0.25) is 0 Å². The predicted octanol–water partition coefficient (Wildman–Crippen LogP) is 3.21. The molecule has 0 aromatic rings. The molecule has 3 saturated carbocycles.